The highest BCUT2D eigenvalue weighted by Gasteiger charge is 1.90. The van der Waals surface area contributed by atoms with Crippen LogP contribution < -0.4 is 0 Å². The summed E-state index contributed by atoms with van der Waals surface area (Å²) in [6.07, 6.45) is 3.60. The fraction of sp³-hybridized carbons (Fsp3) is 0.333. The number of carbonyl (C=O) groups excluding carboxylic acids is 1. The van der Waals surface area contributed by atoms with Crippen molar-refractivity contribution in [1.82, 2.24) is 0 Å². The van der Waals surface area contributed by atoms with Crippen LogP contribution in [0.25, 0.3) is 0 Å². The van der Waals surface area contributed by atoms with Gasteiger partial charge in [-0.25, -0.2) is 0 Å². The SMILES string of the molecule is C=CCCC(=O)C=N. The van der Waals surface area contributed by atoms with E-state index in [0.29, 0.717) is 12.8 Å². The summed E-state index contributed by atoms with van der Waals surface area (Å²) >= 11 is 0. The molecule has 0 spiro atoms. The number of Topliss-reactive ketones (excluding diaryl/α,β-unsaturated/α-hetero) is 1. The van der Waals surface area contributed by atoms with Crippen LogP contribution >= 0.6 is 0 Å². The van der Waals surface area contributed by atoms with Gasteiger partial charge in [-0.1, -0.05) is 6.08 Å². The predicted molar refractivity (Wildman–Crippen MR) is 33.2 cm³/mol. The second-order valence-electron chi connectivity index (χ2n) is 1.44. The molecule has 0 rings (SSSR count). The molecular weight excluding hydrogens is 102 g/mol. The van der Waals surface area contributed by atoms with E-state index in [-0.39, 0.29) is 5.78 Å². The summed E-state index contributed by atoms with van der Waals surface area (Å²) in [5.74, 6) is -0.134. The van der Waals surface area contributed by atoms with Crippen LogP contribution in [0.15, 0.2) is 12.7 Å². The van der Waals surface area contributed by atoms with Gasteiger partial charge in [0, 0.05) is 6.42 Å². The Balaban J connectivity index is 3.24. The fourth-order valence-corrected chi connectivity index (χ4v) is 0.316. The van der Waals surface area contributed by atoms with Crippen LogP contribution in [0.1, 0.15) is 12.8 Å². The Morgan fingerprint density at radius 1 is 1.75 bits per heavy atom. The lowest BCUT2D eigenvalue weighted by Gasteiger charge is -1.83. The average molecular weight is 111 g/mol. The number of hydrogen-bond donors (Lipinski definition) is 1. The molecule has 0 aliphatic rings. The molecule has 0 radical (unpaired) electrons. The quantitative estimate of drug-likeness (QED) is 0.429. The first kappa shape index (κ1) is 7.08. The average Bonchev–Trinajstić information content (AvgIpc) is 1.83. The van der Waals surface area contributed by atoms with Crippen LogP contribution in [-0.2, 0) is 4.79 Å². The Bertz CT molecular complexity index is 107. The minimum Gasteiger partial charge on any atom is -0.305 e. The Hall–Kier alpha value is -0.920. The summed E-state index contributed by atoms with van der Waals surface area (Å²) in [4.78, 5) is 10.3. The molecule has 0 amide bonds. The molecule has 0 aromatic heterocycles. The zero-order valence-corrected chi connectivity index (χ0v) is 4.68. The number of rotatable bonds is 4. The van der Waals surface area contributed by atoms with Crippen molar-refractivity contribution in [2.75, 3.05) is 0 Å². The highest BCUT2D eigenvalue weighted by atomic mass is 16.1. The summed E-state index contributed by atoms with van der Waals surface area (Å²) < 4.78 is 0. The zero-order valence-electron chi connectivity index (χ0n) is 4.68. The molecule has 0 fully saturated rings. The summed E-state index contributed by atoms with van der Waals surface area (Å²) in [5, 5.41) is 6.48. The third kappa shape index (κ3) is 3.28. The minimum atomic E-state index is -0.134. The summed E-state index contributed by atoms with van der Waals surface area (Å²) in [6.45, 7) is 3.44. The van der Waals surface area contributed by atoms with Crippen LogP contribution in [-0.4, -0.2) is 12.0 Å². The molecule has 0 atom stereocenters. The molecule has 0 saturated heterocycles. The van der Waals surface area contributed by atoms with Gasteiger partial charge in [0.25, 0.3) is 0 Å². The second kappa shape index (κ2) is 4.24. The van der Waals surface area contributed by atoms with E-state index in [0.717, 1.165) is 6.21 Å². The Labute approximate surface area is 48.7 Å². The maximum atomic E-state index is 10.3. The first-order valence-corrected chi connectivity index (χ1v) is 2.45. The molecule has 0 aliphatic heterocycles. The monoisotopic (exact) mass is 111 g/mol. The van der Waals surface area contributed by atoms with Gasteiger partial charge in [0.1, 0.15) is 0 Å². The number of allylic oxidation sites excluding steroid dienone is 1. The van der Waals surface area contributed by atoms with E-state index in [1.54, 1.807) is 6.08 Å². The van der Waals surface area contributed by atoms with E-state index in [2.05, 4.69) is 6.58 Å². The van der Waals surface area contributed by atoms with Crippen molar-refractivity contribution in [1.29, 1.82) is 5.41 Å². The number of nitrogens with one attached hydrogen (secondary N) is 1. The number of hydrogen-bond acceptors (Lipinski definition) is 2. The molecule has 44 valence electrons. The first-order valence-electron chi connectivity index (χ1n) is 2.45. The Morgan fingerprint density at radius 2 is 2.38 bits per heavy atom. The van der Waals surface area contributed by atoms with Crippen LogP contribution in [0.2, 0.25) is 0 Å². The van der Waals surface area contributed by atoms with Crippen molar-refractivity contribution in [2.45, 2.75) is 12.8 Å². The highest BCUT2D eigenvalue weighted by molar-refractivity contribution is 6.26. The van der Waals surface area contributed by atoms with Crippen LogP contribution in [0, 0.1) is 5.41 Å². The molecule has 1 N–H and O–H groups in total. The number of carbonyl (C=O) groups is 1. The van der Waals surface area contributed by atoms with Crippen molar-refractivity contribution >= 4 is 12.0 Å². The normalized spacial score (nSPS) is 8.00. The van der Waals surface area contributed by atoms with Gasteiger partial charge < -0.3 is 5.41 Å². The van der Waals surface area contributed by atoms with Gasteiger partial charge in [0.15, 0.2) is 5.78 Å². The van der Waals surface area contributed by atoms with Gasteiger partial charge >= 0.3 is 0 Å². The van der Waals surface area contributed by atoms with Crippen LogP contribution in [0.5, 0.6) is 0 Å². The summed E-state index contributed by atoms with van der Waals surface area (Å²) in [7, 11) is 0. The Kier molecular flexibility index (Phi) is 3.76. The molecule has 8 heavy (non-hydrogen) atoms. The van der Waals surface area contributed by atoms with Gasteiger partial charge in [0.05, 0.1) is 6.21 Å². The third-order valence-corrected chi connectivity index (χ3v) is 0.756. The topological polar surface area (TPSA) is 40.9 Å². The minimum absolute atomic E-state index is 0.134. The van der Waals surface area contributed by atoms with E-state index in [9.17, 15) is 4.79 Å². The lowest BCUT2D eigenvalue weighted by Crippen LogP contribution is -1.95. The molecule has 2 heteroatoms. The molecule has 0 aromatic carbocycles. The van der Waals surface area contributed by atoms with Gasteiger partial charge in [-0.15, -0.1) is 6.58 Å². The molecule has 0 unspecified atom stereocenters. The van der Waals surface area contributed by atoms with E-state index in [4.69, 9.17) is 5.41 Å². The van der Waals surface area contributed by atoms with E-state index < -0.39 is 0 Å². The lowest BCUT2D eigenvalue weighted by molar-refractivity contribution is -0.112. The fourth-order valence-electron chi connectivity index (χ4n) is 0.316. The molecule has 0 bridgehead atoms. The second-order valence-corrected chi connectivity index (χ2v) is 1.44. The van der Waals surface area contributed by atoms with Crippen molar-refractivity contribution in [3.63, 3.8) is 0 Å². The molecule has 0 saturated carbocycles. The Morgan fingerprint density at radius 3 is 2.75 bits per heavy atom. The molecule has 0 aliphatic carbocycles. The van der Waals surface area contributed by atoms with Crippen molar-refractivity contribution in [3.8, 4) is 0 Å². The van der Waals surface area contributed by atoms with E-state index in [1.807, 2.05) is 0 Å². The molecule has 2 nitrogen and oxygen atoms in total. The zero-order chi connectivity index (χ0) is 6.41. The summed E-state index contributed by atoms with van der Waals surface area (Å²) in [6, 6.07) is 0. The van der Waals surface area contributed by atoms with E-state index >= 15 is 0 Å². The third-order valence-electron chi connectivity index (χ3n) is 0.756. The maximum absolute atomic E-state index is 10.3. The van der Waals surface area contributed by atoms with Crippen molar-refractivity contribution in [2.24, 2.45) is 0 Å². The number of ketones is 1. The molecule has 0 aromatic rings. The van der Waals surface area contributed by atoms with Gasteiger partial charge in [-0.2, -0.15) is 0 Å². The predicted octanol–water partition coefficient (Wildman–Crippen LogP) is 1.17. The van der Waals surface area contributed by atoms with E-state index in [1.165, 1.54) is 0 Å². The standard InChI is InChI=1S/C6H9NO/c1-2-3-4-6(8)5-7/h2,5,7H,1,3-4H2. The van der Waals surface area contributed by atoms with Gasteiger partial charge in [-0.3, -0.25) is 4.79 Å². The molecule has 0 heterocycles. The van der Waals surface area contributed by atoms with Crippen LogP contribution in [0.4, 0.5) is 0 Å². The smallest absolute Gasteiger partial charge is 0.173 e. The van der Waals surface area contributed by atoms with Gasteiger partial charge in [0.2, 0.25) is 0 Å². The summed E-state index contributed by atoms with van der Waals surface area (Å²) in [5.41, 5.74) is 0. The largest absolute Gasteiger partial charge is 0.305 e. The highest BCUT2D eigenvalue weighted by Crippen LogP contribution is 1.87. The maximum Gasteiger partial charge on any atom is 0.173 e. The first-order chi connectivity index (χ1) is 3.81. The molecular formula is C6H9NO. The van der Waals surface area contributed by atoms with Crippen molar-refractivity contribution < 1.29 is 4.79 Å². The van der Waals surface area contributed by atoms with Crippen LogP contribution in [0.3, 0.4) is 0 Å². The van der Waals surface area contributed by atoms with Gasteiger partial charge in [-0.05, 0) is 6.42 Å². The lowest BCUT2D eigenvalue weighted by atomic mass is 10.2. The van der Waals surface area contributed by atoms with Crippen molar-refractivity contribution in [3.05, 3.63) is 12.7 Å².